The molecule has 2 N–H and O–H groups in total. The second-order valence-corrected chi connectivity index (χ2v) is 8.37. The van der Waals surface area contributed by atoms with Crippen LogP contribution in [0.5, 0.6) is 5.75 Å². The Bertz CT molecular complexity index is 943. The molecule has 0 radical (unpaired) electrons. The molecule has 3 aromatic rings. The highest BCUT2D eigenvalue weighted by Gasteiger charge is 2.11. The maximum atomic E-state index is 12.0. The van der Waals surface area contributed by atoms with E-state index in [1.807, 2.05) is 32.0 Å². The van der Waals surface area contributed by atoms with Crippen LogP contribution in [0.3, 0.4) is 0 Å². The van der Waals surface area contributed by atoms with Gasteiger partial charge in [0.15, 0.2) is 0 Å². The lowest BCUT2D eigenvalue weighted by Gasteiger charge is -2.14. The number of carbonyl (C=O) groups excluding carboxylic acids is 1. The quantitative estimate of drug-likeness (QED) is 0.406. The maximum Gasteiger partial charge on any atom is 0.417 e. The summed E-state index contributed by atoms with van der Waals surface area (Å²) in [6.45, 7) is 8.33. The Morgan fingerprint density at radius 3 is 2.16 bits per heavy atom. The van der Waals surface area contributed by atoms with Gasteiger partial charge in [0.25, 0.3) is 0 Å². The monoisotopic (exact) mass is 437 g/mol. The number of benzene rings is 3. The zero-order chi connectivity index (χ0) is 22.6. The topological polar surface area (TPSA) is 58.6 Å². The summed E-state index contributed by atoms with van der Waals surface area (Å²) in [5.74, 6) is 0.487. The molecule has 0 saturated heterocycles. The van der Waals surface area contributed by atoms with Crippen LogP contribution in [-0.2, 0) is 19.0 Å². The SMILES string of the molecule is CC.CCc1ccc(CP(O)c2ccc(NC(=O)Oc3ccccc3)cc2)cc1CC. The van der Waals surface area contributed by atoms with E-state index in [1.165, 1.54) is 11.1 Å². The van der Waals surface area contributed by atoms with Crippen molar-refractivity contribution >= 4 is 25.2 Å². The van der Waals surface area contributed by atoms with Gasteiger partial charge in [0.1, 0.15) is 5.75 Å². The smallest absolute Gasteiger partial charge is 0.410 e. The van der Waals surface area contributed by atoms with Gasteiger partial charge in [0.2, 0.25) is 0 Å². The number of ether oxygens (including phenoxy) is 1. The van der Waals surface area contributed by atoms with Crippen LogP contribution < -0.4 is 15.4 Å². The molecule has 0 heterocycles. The van der Waals surface area contributed by atoms with Gasteiger partial charge in [-0.25, -0.2) is 4.79 Å². The molecule has 4 nitrogen and oxygen atoms in total. The zero-order valence-electron chi connectivity index (χ0n) is 18.8. The Morgan fingerprint density at radius 2 is 1.55 bits per heavy atom. The first kappa shape index (κ1) is 24.6. The molecule has 164 valence electrons. The maximum absolute atomic E-state index is 12.0. The summed E-state index contributed by atoms with van der Waals surface area (Å²) in [4.78, 5) is 22.7. The van der Waals surface area contributed by atoms with E-state index in [9.17, 15) is 9.69 Å². The van der Waals surface area contributed by atoms with E-state index in [1.54, 1.807) is 36.4 Å². The van der Waals surface area contributed by atoms with E-state index in [-0.39, 0.29) is 0 Å². The molecule has 3 aromatic carbocycles. The van der Waals surface area contributed by atoms with Crippen molar-refractivity contribution in [2.24, 2.45) is 0 Å². The number of para-hydroxylation sites is 1. The third-order valence-corrected chi connectivity index (χ3v) is 6.29. The van der Waals surface area contributed by atoms with Crippen molar-refractivity contribution in [2.75, 3.05) is 5.32 Å². The number of hydrogen-bond acceptors (Lipinski definition) is 3. The summed E-state index contributed by atoms with van der Waals surface area (Å²) in [5.41, 5.74) is 4.50. The van der Waals surface area contributed by atoms with E-state index in [2.05, 4.69) is 37.4 Å². The third-order valence-electron chi connectivity index (χ3n) is 4.73. The van der Waals surface area contributed by atoms with E-state index in [0.717, 1.165) is 23.7 Å². The Morgan fingerprint density at radius 1 is 0.903 bits per heavy atom. The van der Waals surface area contributed by atoms with Crippen molar-refractivity contribution in [3.63, 3.8) is 0 Å². The summed E-state index contributed by atoms with van der Waals surface area (Å²) in [7, 11) is -1.30. The predicted molar refractivity (Wildman–Crippen MR) is 132 cm³/mol. The minimum atomic E-state index is -1.30. The molecule has 3 rings (SSSR count). The lowest BCUT2D eigenvalue weighted by atomic mass is 10.0. The second kappa shape index (κ2) is 12.9. The van der Waals surface area contributed by atoms with Gasteiger partial charge < -0.3 is 9.63 Å². The van der Waals surface area contributed by atoms with Crippen LogP contribution in [0.4, 0.5) is 10.5 Å². The highest BCUT2D eigenvalue weighted by atomic mass is 31.1. The van der Waals surface area contributed by atoms with Gasteiger partial charge in [-0.05, 0) is 53.8 Å². The Balaban J connectivity index is 0.00000166. The van der Waals surface area contributed by atoms with Crippen molar-refractivity contribution in [2.45, 2.75) is 46.7 Å². The van der Waals surface area contributed by atoms with Crippen LogP contribution >= 0.6 is 8.15 Å². The summed E-state index contributed by atoms with van der Waals surface area (Å²) >= 11 is 0. The van der Waals surface area contributed by atoms with Crippen molar-refractivity contribution < 1.29 is 14.4 Å². The van der Waals surface area contributed by atoms with Crippen LogP contribution in [-0.4, -0.2) is 11.0 Å². The van der Waals surface area contributed by atoms with E-state index >= 15 is 0 Å². The van der Waals surface area contributed by atoms with Gasteiger partial charge in [-0.15, -0.1) is 0 Å². The molecule has 1 amide bonds. The van der Waals surface area contributed by atoms with Crippen LogP contribution in [0, 0.1) is 0 Å². The van der Waals surface area contributed by atoms with Crippen molar-refractivity contribution in [1.29, 1.82) is 0 Å². The molecular weight excluding hydrogens is 405 g/mol. The highest BCUT2D eigenvalue weighted by Crippen LogP contribution is 2.34. The zero-order valence-corrected chi connectivity index (χ0v) is 19.7. The van der Waals surface area contributed by atoms with E-state index < -0.39 is 14.2 Å². The van der Waals surface area contributed by atoms with Crippen LogP contribution in [0.25, 0.3) is 0 Å². The fraction of sp³-hybridized carbons (Fsp3) is 0.269. The second-order valence-electron chi connectivity index (χ2n) is 6.74. The summed E-state index contributed by atoms with van der Waals surface area (Å²) in [6.07, 6.45) is 2.10. The van der Waals surface area contributed by atoms with Gasteiger partial charge in [0, 0.05) is 17.2 Å². The Kier molecular flexibility index (Phi) is 10.2. The molecule has 0 aromatic heterocycles. The number of nitrogens with one attached hydrogen (secondary N) is 1. The minimum absolute atomic E-state index is 0.487. The molecule has 0 aliphatic rings. The van der Waals surface area contributed by atoms with Gasteiger partial charge in [-0.1, -0.05) is 76.2 Å². The number of hydrogen-bond donors (Lipinski definition) is 2. The molecule has 0 aliphatic heterocycles. The van der Waals surface area contributed by atoms with Crippen LogP contribution in [0.1, 0.15) is 44.4 Å². The molecule has 0 spiro atoms. The number of anilines is 1. The van der Waals surface area contributed by atoms with Gasteiger partial charge in [-0.3, -0.25) is 5.32 Å². The number of rotatable bonds is 7. The molecule has 1 unspecified atom stereocenters. The normalized spacial score (nSPS) is 11.1. The Hall–Kier alpha value is -2.68. The number of carbonyl (C=O) groups is 1. The lowest BCUT2D eigenvalue weighted by Crippen LogP contribution is -2.17. The summed E-state index contributed by atoms with van der Waals surface area (Å²) in [5, 5.41) is 3.57. The Labute approximate surface area is 187 Å². The fourth-order valence-corrected chi connectivity index (χ4v) is 4.39. The molecule has 5 heteroatoms. The van der Waals surface area contributed by atoms with E-state index in [4.69, 9.17) is 4.74 Å². The fourth-order valence-electron chi connectivity index (χ4n) is 3.17. The largest absolute Gasteiger partial charge is 0.417 e. The summed E-state index contributed by atoms with van der Waals surface area (Å²) in [6, 6.07) is 22.7. The first-order valence-electron chi connectivity index (χ1n) is 10.8. The van der Waals surface area contributed by atoms with Crippen molar-refractivity contribution in [1.82, 2.24) is 0 Å². The molecule has 0 aliphatic carbocycles. The van der Waals surface area contributed by atoms with Gasteiger partial charge in [0.05, 0.1) is 8.15 Å². The highest BCUT2D eigenvalue weighted by molar-refractivity contribution is 7.59. The van der Waals surface area contributed by atoms with Crippen LogP contribution in [0.15, 0.2) is 72.8 Å². The predicted octanol–water partition coefficient (Wildman–Crippen LogP) is 6.66. The minimum Gasteiger partial charge on any atom is -0.410 e. The molecule has 31 heavy (non-hydrogen) atoms. The standard InChI is InChI=1S/C24H26NO3P.C2H6/c1-3-19-11-10-18(16-20(19)4-2)17-29(27)23-14-12-21(13-15-23)25-24(26)28-22-8-6-5-7-9-22;1-2/h5-16,27H,3-4,17H2,1-2H3,(H,25,26);1-2H3. The van der Waals surface area contributed by atoms with Gasteiger partial charge >= 0.3 is 6.09 Å². The molecule has 1 atom stereocenters. The summed E-state index contributed by atoms with van der Waals surface area (Å²) < 4.78 is 5.22. The average Bonchev–Trinajstić information content (AvgIpc) is 2.81. The lowest BCUT2D eigenvalue weighted by molar-refractivity contribution is 0.215. The van der Waals surface area contributed by atoms with Gasteiger partial charge in [-0.2, -0.15) is 0 Å². The first-order chi connectivity index (χ1) is 15.1. The number of amides is 1. The van der Waals surface area contributed by atoms with E-state index in [0.29, 0.717) is 17.6 Å². The van der Waals surface area contributed by atoms with Crippen molar-refractivity contribution in [3.8, 4) is 5.75 Å². The number of aryl methyl sites for hydroxylation is 2. The first-order valence-corrected chi connectivity index (χ1v) is 12.3. The van der Waals surface area contributed by atoms with Crippen LogP contribution in [0.2, 0.25) is 0 Å². The molecule has 0 fully saturated rings. The average molecular weight is 438 g/mol. The molecule has 0 bridgehead atoms. The molecule has 0 saturated carbocycles. The third kappa shape index (κ3) is 7.50. The van der Waals surface area contributed by atoms with Crippen molar-refractivity contribution in [3.05, 3.63) is 89.5 Å². The molecular formula is C26H32NO3P.